The summed E-state index contributed by atoms with van der Waals surface area (Å²) in [5.41, 5.74) is 1.33. The summed E-state index contributed by atoms with van der Waals surface area (Å²) < 4.78 is 0. The Morgan fingerprint density at radius 3 is 2.60 bits per heavy atom. The first kappa shape index (κ1) is 13.2. The molecule has 1 N–H and O–H groups in total. The largest absolute Gasteiger partial charge is 0.322 e. The molecule has 0 heterocycles. The van der Waals surface area contributed by atoms with Gasteiger partial charge < -0.3 is 10.2 Å². The zero-order chi connectivity index (χ0) is 14.1. The van der Waals surface area contributed by atoms with Gasteiger partial charge in [-0.05, 0) is 50.7 Å². The molecule has 2 fully saturated rings. The van der Waals surface area contributed by atoms with Gasteiger partial charge in [-0.15, -0.1) is 0 Å². The normalized spacial score (nSPS) is 17.6. The van der Waals surface area contributed by atoms with E-state index in [2.05, 4.69) is 5.32 Å². The van der Waals surface area contributed by atoms with Gasteiger partial charge in [-0.1, -0.05) is 12.1 Å². The summed E-state index contributed by atoms with van der Waals surface area (Å²) in [5.74, 6) is 0.711. The maximum Gasteiger partial charge on any atom is 0.322 e. The molecule has 1 aromatic rings. The molecule has 0 spiro atoms. The number of carbonyl (C=O) groups is 2. The van der Waals surface area contributed by atoms with Crippen LogP contribution in [0.25, 0.3) is 0 Å². The summed E-state index contributed by atoms with van der Waals surface area (Å²) in [6, 6.07) is 7.52. The third-order valence-corrected chi connectivity index (χ3v) is 3.92. The first-order chi connectivity index (χ1) is 9.63. The highest BCUT2D eigenvalue weighted by atomic mass is 16.2. The van der Waals surface area contributed by atoms with Crippen LogP contribution in [0.4, 0.5) is 10.5 Å². The molecule has 2 amide bonds. The summed E-state index contributed by atoms with van der Waals surface area (Å²) in [7, 11) is 0. The third-order valence-electron chi connectivity index (χ3n) is 3.92. The SMILES string of the molecule is CC(=O)c1cccc(NC(=O)N(CC2CC2)C2CC2)c1. The lowest BCUT2D eigenvalue weighted by molar-refractivity contribution is 0.101. The predicted molar refractivity (Wildman–Crippen MR) is 77.9 cm³/mol. The molecule has 0 saturated heterocycles. The number of nitrogens with zero attached hydrogens (tertiary/aromatic N) is 1. The molecular weight excluding hydrogens is 252 g/mol. The number of carbonyl (C=O) groups excluding carboxylic acids is 2. The Kier molecular flexibility index (Phi) is 3.47. The fraction of sp³-hybridized carbons (Fsp3) is 0.500. The van der Waals surface area contributed by atoms with Crippen LogP contribution in [0.3, 0.4) is 0 Å². The maximum atomic E-state index is 12.4. The van der Waals surface area contributed by atoms with Crippen molar-refractivity contribution in [2.24, 2.45) is 5.92 Å². The number of Topliss-reactive ketones (excluding diaryl/α,β-unsaturated/α-hetero) is 1. The van der Waals surface area contributed by atoms with Crippen LogP contribution in [0, 0.1) is 5.92 Å². The summed E-state index contributed by atoms with van der Waals surface area (Å²) in [5, 5.41) is 2.93. The highest BCUT2D eigenvalue weighted by molar-refractivity contribution is 5.96. The highest BCUT2D eigenvalue weighted by Crippen LogP contribution is 2.35. The van der Waals surface area contributed by atoms with Gasteiger partial charge in [-0.2, -0.15) is 0 Å². The van der Waals surface area contributed by atoms with Crippen molar-refractivity contribution in [1.82, 2.24) is 4.90 Å². The van der Waals surface area contributed by atoms with E-state index in [4.69, 9.17) is 0 Å². The van der Waals surface area contributed by atoms with E-state index in [1.165, 1.54) is 19.8 Å². The molecule has 0 radical (unpaired) electrons. The smallest absolute Gasteiger partial charge is 0.321 e. The summed E-state index contributed by atoms with van der Waals surface area (Å²) >= 11 is 0. The van der Waals surface area contributed by atoms with Crippen molar-refractivity contribution >= 4 is 17.5 Å². The highest BCUT2D eigenvalue weighted by Gasteiger charge is 2.36. The van der Waals surface area contributed by atoms with E-state index >= 15 is 0 Å². The molecule has 0 atom stereocenters. The van der Waals surface area contributed by atoms with Crippen molar-refractivity contribution in [3.8, 4) is 0 Å². The second-order valence-electron chi connectivity index (χ2n) is 5.89. The lowest BCUT2D eigenvalue weighted by Crippen LogP contribution is -2.38. The van der Waals surface area contributed by atoms with Crippen LogP contribution in [-0.4, -0.2) is 29.3 Å². The number of nitrogens with one attached hydrogen (secondary N) is 1. The van der Waals surface area contributed by atoms with Crippen LogP contribution in [0.2, 0.25) is 0 Å². The average Bonchev–Trinajstić information content (AvgIpc) is 3.28. The number of urea groups is 1. The van der Waals surface area contributed by atoms with Gasteiger partial charge in [0.15, 0.2) is 5.78 Å². The fourth-order valence-electron chi connectivity index (χ4n) is 2.37. The Hall–Kier alpha value is -1.84. The molecular formula is C16H20N2O2. The van der Waals surface area contributed by atoms with Gasteiger partial charge in [-0.3, -0.25) is 4.79 Å². The van der Waals surface area contributed by atoms with Gasteiger partial charge in [0.1, 0.15) is 0 Å². The van der Waals surface area contributed by atoms with Crippen LogP contribution >= 0.6 is 0 Å². The molecule has 0 aliphatic heterocycles. The van der Waals surface area contributed by atoms with Crippen LogP contribution in [0.15, 0.2) is 24.3 Å². The molecule has 0 unspecified atom stereocenters. The molecule has 0 bridgehead atoms. The summed E-state index contributed by atoms with van der Waals surface area (Å²) in [6.07, 6.45) is 4.73. The second-order valence-corrected chi connectivity index (χ2v) is 5.89. The van der Waals surface area contributed by atoms with Gasteiger partial charge >= 0.3 is 6.03 Å². The number of hydrogen-bond acceptors (Lipinski definition) is 2. The van der Waals surface area contributed by atoms with E-state index < -0.39 is 0 Å². The Balaban J connectivity index is 1.67. The molecule has 2 aliphatic carbocycles. The molecule has 20 heavy (non-hydrogen) atoms. The lowest BCUT2D eigenvalue weighted by atomic mass is 10.1. The van der Waals surface area contributed by atoms with Crippen molar-refractivity contribution in [3.05, 3.63) is 29.8 Å². The van der Waals surface area contributed by atoms with Crippen molar-refractivity contribution in [3.63, 3.8) is 0 Å². The van der Waals surface area contributed by atoms with Crippen molar-refractivity contribution in [1.29, 1.82) is 0 Å². The molecule has 3 rings (SSSR count). The summed E-state index contributed by atoms with van der Waals surface area (Å²) in [4.78, 5) is 25.7. The monoisotopic (exact) mass is 272 g/mol. The van der Waals surface area contributed by atoms with E-state index in [9.17, 15) is 9.59 Å². The molecule has 2 saturated carbocycles. The van der Waals surface area contributed by atoms with E-state index in [0.717, 1.165) is 19.4 Å². The molecule has 1 aromatic carbocycles. The minimum Gasteiger partial charge on any atom is -0.321 e. The number of amides is 2. The molecule has 2 aliphatic rings. The number of ketones is 1. The summed E-state index contributed by atoms with van der Waals surface area (Å²) in [6.45, 7) is 2.41. The van der Waals surface area contributed by atoms with Gasteiger partial charge in [0, 0.05) is 23.8 Å². The van der Waals surface area contributed by atoms with Crippen LogP contribution < -0.4 is 5.32 Å². The zero-order valence-electron chi connectivity index (χ0n) is 11.8. The Bertz CT molecular complexity index is 533. The van der Waals surface area contributed by atoms with Crippen LogP contribution in [-0.2, 0) is 0 Å². The minimum atomic E-state index is -0.0277. The third kappa shape index (κ3) is 3.18. The quantitative estimate of drug-likeness (QED) is 0.836. The molecule has 106 valence electrons. The second kappa shape index (κ2) is 5.27. The maximum absolute atomic E-state index is 12.4. The number of benzene rings is 1. The Morgan fingerprint density at radius 1 is 1.25 bits per heavy atom. The predicted octanol–water partition coefficient (Wildman–Crippen LogP) is 3.30. The van der Waals surface area contributed by atoms with E-state index in [-0.39, 0.29) is 11.8 Å². The van der Waals surface area contributed by atoms with Crippen LogP contribution in [0.5, 0.6) is 0 Å². The molecule has 4 nitrogen and oxygen atoms in total. The van der Waals surface area contributed by atoms with E-state index in [0.29, 0.717) is 23.2 Å². The molecule has 4 heteroatoms. The lowest BCUT2D eigenvalue weighted by Gasteiger charge is -2.22. The van der Waals surface area contributed by atoms with Gasteiger partial charge in [0.05, 0.1) is 0 Å². The van der Waals surface area contributed by atoms with E-state index in [1.807, 2.05) is 11.0 Å². The van der Waals surface area contributed by atoms with Crippen molar-refractivity contribution < 1.29 is 9.59 Å². The number of rotatable bonds is 5. The fourth-order valence-corrected chi connectivity index (χ4v) is 2.37. The van der Waals surface area contributed by atoms with Crippen molar-refractivity contribution in [2.45, 2.75) is 38.6 Å². The topological polar surface area (TPSA) is 49.4 Å². The standard InChI is InChI=1S/C16H20N2O2/c1-11(19)13-3-2-4-14(9-13)17-16(20)18(15-7-8-15)10-12-5-6-12/h2-4,9,12,15H,5-8,10H2,1H3,(H,17,20). The minimum absolute atomic E-state index is 0.0122. The van der Waals surface area contributed by atoms with Crippen LogP contribution in [0.1, 0.15) is 43.0 Å². The van der Waals surface area contributed by atoms with E-state index in [1.54, 1.807) is 18.2 Å². The first-order valence-electron chi connectivity index (χ1n) is 7.32. The average molecular weight is 272 g/mol. The number of hydrogen-bond donors (Lipinski definition) is 1. The Labute approximate surface area is 119 Å². The number of anilines is 1. The van der Waals surface area contributed by atoms with Crippen molar-refractivity contribution in [2.75, 3.05) is 11.9 Å². The molecule has 0 aromatic heterocycles. The van der Waals surface area contributed by atoms with Gasteiger partial charge in [0.2, 0.25) is 0 Å². The zero-order valence-corrected chi connectivity index (χ0v) is 11.8. The van der Waals surface area contributed by atoms with Gasteiger partial charge in [-0.25, -0.2) is 4.79 Å². The first-order valence-corrected chi connectivity index (χ1v) is 7.32. The Morgan fingerprint density at radius 2 is 2.00 bits per heavy atom. The van der Waals surface area contributed by atoms with Gasteiger partial charge in [0.25, 0.3) is 0 Å².